The van der Waals surface area contributed by atoms with E-state index >= 15 is 0 Å². The molecule has 0 aliphatic heterocycles. The second-order valence-corrected chi connectivity index (χ2v) is 3.99. The number of anilines is 1. The summed E-state index contributed by atoms with van der Waals surface area (Å²) in [7, 11) is 0. The van der Waals surface area contributed by atoms with Crippen LogP contribution in [0.3, 0.4) is 0 Å². The van der Waals surface area contributed by atoms with Gasteiger partial charge in [-0.05, 0) is 24.5 Å². The number of rotatable bonds is 3. The summed E-state index contributed by atoms with van der Waals surface area (Å²) in [5.74, 6) is 0.338. The summed E-state index contributed by atoms with van der Waals surface area (Å²) in [6.07, 6.45) is -0.767. The fourth-order valence-corrected chi connectivity index (χ4v) is 1.92. The van der Waals surface area contributed by atoms with Gasteiger partial charge < -0.3 is 10.2 Å². The molecule has 0 unspecified atom stereocenters. The molecule has 0 aliphatic carbocycles. The van der Waals surface area contributed by atoms with E-state index in [2.05, 4.69) is 5.32 Å². The second kappa shape index (κ2) is 5.27. The lowest BCUT2D eigenvalue weighted by Crippen LogP contribution is -2.09. The van der Waals surface area contributed by atoms with Gasteiger partial charge in [-0.25, -0.2) is 4.79 Å². The van der Waals surface area contributed by atoms with Crippen molar-refractivity contribution < 1.29 is 15.0 Å². The summed E-state index contributed by atoms with van der Waals surface area (Å²) >= 11 is 11.6. The van der Waals surface area contributed by atoms with Gasteiger partial charge in [-0.15, -0.1) is 11.6 Å². The summed E-state index contributed by atoms with van der Waals surface area (Å²) in [5, 5.41) is 20.6. The molecule has 1 amide bonds. The molecule has 0 fully saturated rings. The van der Waals surface area contributed by atoms with Crippen molar-refractivity contribution in [2.75, 3.05) is 11.2 Å². The average molecular weight is 264 g/mol. The van der Waals surface area contributed by atoms with Gasteiger partial charge in [0.2, 0.25) is 0 Å². The number of phenols is 1. The minimum atomic E-state index is -1.23. The van der Waals surface area contributed by atoms with Crippen molar-refractivity contribution in [2.45, 2.75) is 13.3 Å². The van der Waals surface area contributed by atoms with Crippen LogP contribution in [0.1, 0.15) is 11.1 Å². The minimum Gasteiger partial charge on any atom is -0.508 e. The molecular formula is C10H11Cl2NO3. The first-order valence-corrected chi connectivity index (χ1v) is 5.45. The Labute approximate surface area is 103 Å². The van der Waals surface area contributed by atoms with E-state index in [1.807, 2.05) is 0 Å². The molecule has 0 radical (unpaired) electrons. The number of carbonyl (C=O) groups is 1. The summed E-state index contributed by atoms with van der Waals surface area (Å²) in [5.41, 5.74) is 1.43. The lowest BCUT2D eigenvalue weighted by atomic mass is 10.0. The Balaban J connectivity index is 3.26. The van der Waals surface area contributed by atoms with E-state index in [1.54, 1.807) is 6.92 Å². The molecule has 0 bridgehead atoms. The summed E-state index contributed by atoms with van der Waals surface area (Å²) in [6.45, 7) is 1.70. The molecule has 88 valence electrons. The first-order valence-electron chi connectivity index (χ1n) is 4.54. The molecule has 0 heterocycles. The molecule has 1 aromatic carbocycles. The molecule has 0 atom stereocenters. The van der Waals surface area contributed by atoms with Crippen molar-refractivity contribution in [1.29, 1.82) is 0 Å². The number of amides is 1. The Kier molecular flexibility index (Phi) is 4.26. The lowest BCUT2D eigenvalue weighted by Gasteiger charge is -2.13. The SMILES string of the molecule is Cc1c(O)cc(NC(=O)O)c(Cl)c1CCCl. The molecule has 0 saturated carbocycles. The number of hydrogen-bond donors (Lipinski definition) is 3. The zero-order chi connectivity index (χ0) is 12.3. The van der Waals surface area contributed by atoms with Crippen molar-refractivity contribution in [3.63, 3.8) is 0 Å². The van der Waals surface area contributed by atoms with Gasteiger partial charge in [-0.2, -0.15) is 0 Å². The van der Waals surface area contributed by atoms with Crippen molar-refractivity contribution in [3.05, 3.63) is 22.2 Å². The monoisotopic (exact) mass is 263 g/mol. The number of alkyl halides is 1. The van der Waals surface area contributed by atoms with Crippen LogP contribution in [0.5, 0.6) is 5.75 Å². The summed E-state index contributed by atoms with van der Waals surface area (Å²) in [4.78, 5) is 10.5. The number of benzene rings is 1. The maximum absolute atomic E-state index is 10.5. The van der Waals surface area contributed by atoms with E-state index in [0.29, 0.717) is 23.4 Å². The third-order valence-electron chi connectivity index (χ3n) is 2.21. The van der Waals surface area contributed by atoms with Crippen molar-refractivity contribution in [1.82, 2.24) is 0 Å². The third kappa shape index (κ3) is 2.71. The van der Waals surface area contributed by atoms with Crippen LogP contribution in [0.4, 0.5) is 10.5 Å². The molecule has 1 aromatic rings. The van der Waals surface area contributed by atoms with Crippen LogP contribution in [0.2, 0.25) is 5.02 Å². The fraction of sp³-hybridized carbons (Fsp3) is 0.300. The van der Waals surface area contributed by atoms with Gasteiger partial charge in [0.25, 0.3) is 0 Å². The molecule has 0 aromatic heterocycles. The number of carboxylic acid groups (broad SMARTS) is 1. The van der Waals surface area contributed by atoms with Crippen LogP contribution in [-0.4, -0.2) is 22.2 Å². The van der Waals surface area contributed by atoms with E-state index in [9.17, 15) is 9.90 Å². The number of aromatic hydroxyl groups is 1. The predicted molar refractivity (Wildman–Crippen MR) is 63.9 cm³/mol. The van der Waals surface area contributed by atoms with Crippen LogP contribution < -0.4 is 5.32 Å². The summed E-state index contributed by atoms with van der Waals surface area (Å²) < 4.78 is 0. The highest BCUT2D eigenvalue weighted by atomic mass is 35.5. The van der Waals surface area contributed by atoms with Gasteiger partial charge in [0.1, 0.15) is 5.75 Å². The first kappa shape index (κ1) is 12.9. The molecular weight excluding hydrogens is 253 g/mol. The van der Waals surface area contributed by atoms with Gasteiger partial charge in [0, 0.05) is 11.9 Å². The Morgan fingerprint density at radius 1 is 1.56 bits per heavy atom. The van der Waals surface area contributed by atoms with Crippen molar-refractivity contribution >= 4 is 35.0 Å². The molecule has 4 nitrogen and oxygen atoms in total. The van der Waals surface area contributed by atoms with Crippen LogP contribution >= 0.6 is 23.2 Å². The molecule has 0 saturated heterocycles. The quantitative estimate of drug-likeness (QED) is 0.734. The highest BCUT2D eigenvalue weighted by Gasteiger charge is 2.14. The molecule has 16 heavy (non-hydrogen) atoms. The Hall–Kier alpha value is -1.13. The van der Waals surface area contributed by atoms with E-state index < -0.39 is 6.09 Å². The van der Waals surface area contributed by atoms with E-state index in [1.165, 1.54) is 6.07 Å². The van der Waals surface area contributed by atoms with Crippen LogP contribution in [0, 0.1) is 6.92 Å². The van der Waals surface area contributed by atoms with E-state index in [0.717, 1.165) is 0 Å². The van der Waals surface area contributed by atoms with Crippen molar-refractivity contribution in [3.8, 4) is 5.75 Å². The zero-order valence-corrected chi connectivity index (χ0v) is 10.1. The van der Waals surface area contributed by atoms with Gasteiger partial charge in [0.15, 0.2) is 0 Å². The fourth-order valence-electron chi connectivity index (χ4n) is 1.39. The molecule has 3 N–H and O–H groups in total. The maximum Gasteiger partial charge on any atom is 0.409 e. The highest BCUT2D eigenvalue weighted by Crippen LogP contribution is 2.35. The highest BCUT2D eigenvalue weighted by molar-refractivity contribution is 6.34. The largest absolute Gasteiger partial charge is 0.508 e. The van der Waals surface area contributed by atoms with E-state index in [-0.39, 0.29) is 16.5 Å². The number of hydrogen-bond acceptors (Lipinski definition) is 2. The van der Waals surface area contributed by atoms with Crippen LogP contribution in [0.15, 0.2) is 6.07 Å². The Morgan fingerprint density at radius 3 is 2.69 bits per heavy atom. The van der Waals surface area contributed by atoms with E-state index in [4.69, 9.17) is 28.3 Å². The average Bonchev–Trinajstić information content (AvgIpc) is 2.20. The normalized spacial score (nSPS) is 10.2. The van der Waals surface area contributed by atoms with Gasteiger partial charge in [-0.3, -0.25) is 5.32 Å². The zero-order valence-electron chi connectivity index (χ0n) is 8.55. The number of nitrogens with one attached hydrogen (secondary N) is 1. The van der Waals surface area contributed by atoms with Crippen molar-refractivity contribution in [2.24, 2.45) is 0 Å². The lowest BCUT2D eigenvalue weighted by molar-refractivity contribution is 0.210. The molecule has 1 rings (SSSR count). The maximum atomic E-state index is 10.5. The molecule has 0 aliphatic rings. The summed E-state index contributed by atoms with van der Waals surface area (Å²) in [6, 6.07) is 1.28. The first-order chi connectivity index (χ1) is 7.47. The number of halogens is 2. The minimum absolute atomic E-state index is 0.00623. The smallest absolute Gasteiger partial charge is 0.409 e. The molecule has 6 heteroatoms. The van der Waals surface area contributed by atoms with Gasteiger partial charge in [-0.1, -0.05) is 11.6 Å². The second-order valence-electron chi connectivity index (χ2n) is 3.23. The topological polar surface area (TPSA) is 69.6 Å². The number of phenolic OH excluding ortho intramolecular Hbond substituents is 1. The van der Waals surface area contributed by atoms with Crippen LogP contribution in [-0.2, 0) is 6.42 Å². The van der Waals surface area contributed by atoms with Gasteiger partial charge >= 0.3 is 6.09 Å². The predicted octanol–water partition coefficient (Wildman–Crippen LogP) is 3.23. The van der Waals surface area contributed by atoms with Gasteiger partial charge in [0.05, 0.1) is 10.7 Å². The molecule has 0 spiro atoms. The van der Waals surface area contributed by atoms with Crippen LogP contribution in [0.25, 0.3) is 0 Å². The third-order valence-corrected chi connectivity index (χ3v) is 2.83. The standard InChI is InChI=1S/C10H11Cl2NO3/c1-5-6(2-3-11)9(12)7(4-8(5)14)13-10(15)16/h4,13-14H,2-3H2,1H3,(H,15,16). The Bertz CT molecular complexity index is 421. The Morgan fingerprint density at radius 2 is 2.19 bits per heavy atom.